The van der Waals surface area contributed by atoms with Gasteiger partial charge in [0, 0.05) is 12.8 Å². The topological polar surface area (TPSA) is 68.0 Å². The predicted octanol–water partition coefficient (Wildman–Crippen LogP) is 3.27. The maximum absolute atomic E-state index is 11.7. The maximum Gasteiger partial charge on any atom is 0.230 e. The molecular weight excluding hydrogens is 278 g/mol. The lowest BCUT2D eigenvalue weighted by Crippen LogP contribution is -2.47. The van der Waals surface area contributed by atoms with Crippen LogP contribution in [0.15, 0.2) is 4.52 Å². The van der Waals surface area contributed by atoms with Gasteiger partial charge in [-0.2, -0.15) is 4.98 Å². The summed E-state index contributed by atoms with van der Waals surface area (Å²) in [6, 6.07) is 0. The smallest absolute Gasteiger partial charge is 0.230 e. The van der Waals surface area contributed by atoms with E-state index in [4.69, 9.17) is 9.51 Å². The molecule has 120 valence electrons. The van der Waals surface area contributed by atoms with Crippen molar-refractivity contribution in [2.45, 2.75) is 76.2 Å². The highest BCUT2D eigenvalue weighted by Crippen LogP contribution is 2.60. The van der Waals surface area contributed by atoms with Crippen LogP contribution in [0.2, 0.25) is 0 Å². The zero-order valence-electron chi connectivity index (χ0n) is 13.3. The highest BCUT2D eigenvalue weighted by molar-refractivity contribution is 5.74. The van der Waals surface area contributed by atoms with Crippen LogP contribution in [0.25, 0.3) is 0 Å². The molecule has 5 heteroatoms. The Hall–Kier alpha value is -1.39. The molecule has 0 unspecified atom stereocenters. The third-order valence-corrected chi connectivity index (χ3v) is 5.93. The quantitative estimate of drug-likeness (QED) is 0.930. The molecule has 0 radical (unpaired) electrons. The Balaban J connectivity index is 1.57. The van der Waals surface area contributed by atoms with Crippen LogP contribution in [0.5, 0.6) is 0 Å². The first-order valence-electron chi connectivity index (χ1n) is 8.82. The van der Waals surface area contributed by atoms with Crippen LogP contribution < -0.4 is 5.32 Å². The van der Waals surface area contributed by atoms with E-state index in [0.29, 0.717) is 11.7 Å². The Kier molecular flexibility index (Phi) is 3.46. The fraction of sp³-hybridized carbons (Fsp3) is 0.824. The number of rotatable bonds is 3. The molecule has 1 N–H and O–H groups in total. The van der Waals surface area contributed by atoms with E-state index in [-0.39, 0.29) is 5.91 Å². The molecule has 22 heavy (non-hydrogen) atoms. The molecule has 1 aromatic rings. The van der Waals surface area contributed by atoms with Crippen LogP contribution >= 0.6 is 0 Å². The summed E-state index contributed by atoms with van der Waals surface area (Å²) < 4.78 is 5.63. The highest BCUT2D eigenvalue weighted by atomic mass is 16.5. The molecular formula is C17H25N3O2. The highest BCUT2D eigenvalue weighted by Gasteiger charge is 2.55. The van der Waals surface area contributed by atoms with Crippen LogP contribution in [0, 0.1) is 11.8 Å². The van der Waals surface area contributed by atoms with Crippen molar-refractivity contribution in [2.24, 2.45) is 11.8 Å². The van der Waals surface area contributed by atoms with Gasteiger partial charge >= 0.3 is 0 Å². The minimum absolute atomic E-state index is 0.00617. The normalized spacial score (nSPS) is 33.0. The van der Waals surface area contributed by atoms with Gasteiger partial charge in [0.2, 0.25) is 11.8 Å². The molecule has 1 amide bonds. The van der Waals surface area contributed by atoms with Crippen molar-refractivity contribution < 1.29 is 9.32 Å². The lowest BCUT2D eigenvalue weighted by Gasteiger charge is -2.34. The van der Waals surface area contributed by atoms with Crippen molar-refractivity contribution >= 4 is 5.91 Å². The first kappa shape index (κ1) is 14.2. The van der Waals surface area contributed by atoms with Crippen LogP contribution in [-0.2, 0) is 10.3 Å². The predicted molar refractivity (Wildman–Crippen MR) is 81.1 cm³/mol. The summed E-state index contributed by atoms with van der Waals surface area (Å²) in [5, 5.41) is 7.41. The second kappa shape index (κ2) is 5.36. The van der Waals surface area contributed by atoms with Gasteiger partial charge in [-0.25, -0.2) is 0 Å². The average molecular weight is 303 g/mol. The standard InChI is InChI=1S/C17H25N3O2/c1-11(21)19-17(9-5-2-6-10-17)16-18-15(22-20-16)14-12-7-3-4-8-13(12)14/h12-14H,2-10H2,1H3,(H,19,21)/t12-,13-/m1/s1. The van der Waals surface area contributed by atoms with E-state index in [1.54, 1.807) is 6.92 Å². The molecule has 3 fully saturated rings. The second-order valence-corrected chi connectivity index (χ2v) is 7.42. The maximum atomic E-state index is 11.7. The van der Waals surface area contributed by atoms with Crippen molar-refractivity contribution in [3.05, 3.63) is 11.7 Å². The monoisotopic (exact) mass is 303 g/mol. The fourth-order valence-corrected chi connectivity index (χ4v) is 4.82. The van der Waals surface area contributed by atoms with Crippen LogP contribution in [-0.4, -0.2) is 16.0 Å². The number of hydrogen-bond acceptors (Lipinski definition) is 4. The Morgan fingerprint density at radius 1 is 1.14 bits per heavy atom. The Morgan fingerprint density at radius 2 is 1.82 bits per heavy atom. The molecule has 2 atom stereocenters. The molecule has 3 aliphatic carbocycles. The van der Waals surface area contributed by atoms with E-state index in [1.165, 1.54) is 32.1 Å². The molecule has 0 bridgehead atoms. The van der Waals surface area contributed by atoms with Crippen LogP contribution in [0.1, 0.15) is 82.3 Å². The van der Waals surface area contributed by atoms with Crippen molar-refractivity contribution in [1.82, 2.24) is 15.5 Å². The van der Waals surface area contributed by atoms with Crippen molar-refractivity contribution in [1.29, 1.82) is 0 Å². The number of fused-ring (bicyclic) bond motifs is 1. The number of nitrogens with zero attached hydrogens (tertiary/aromatic N) is 2. The van der Waals surface area contributed by atoms with Gasteiger partial charge in [-0.3, -0.25) is 4.79 Å². The molecule has 1 aromatic heterocycles. The summed E-state index contributed by atoms with van der Waals surface area (Å²) in [4.78, 5) is 16.4. The number of nitrogens with one attached hydrogen (secondary N) is 1. The second-order valence-electron chi connectivity index (χ2n) is 7.42. The molecule has 0 spiro atoms. The Labute approximate surface area is 131 Å². The summed E-state index contributed by atoms with van der Waals surface area (Å²) >= 11 is 0. The van der Waals surface area contributed by atoms with E-state index in [2.05, 4.69) is 10.5 Å². The van der Waals surface area contributed by atoms with Gasteiger partial charge in [0.05, 0.1) is 0 Å². The molecule has 5 nitrogen and oxygen atoms in total. The molecule has 0 aromatic carbocycles. The average Bonchev–Trinajstić information content (AvgIpc) is 3.03. The van der Waals surface area contributed by atoms with E-state index >= 15 is 0 Å². The Bertz CT molecular complexity index is 550. The Morgan fingerprint density at radius 3 is 2.45 bits per heavy atom. The van der Waals surface area contributed by atoms with Gasteiger partial charge < -0.3 is 9.84 Å². The van der Waals surface area contributed by atoms with Crippen LogP contribution in [0.3, 0.4) is 0 Å². The lowest BCUT2D eigenvalue weighted by atomic mass is 9.81. The number of amides is 1. The number of carbonyl (C=O) groups is 1. The molecule has 0 saturated heterocycles. The van der Waals surface area contributed by atoms with Gasteiger partial charge in [0.25, 0.3) is 0 Å². The summed E-state index contributed by atoms with van der Waals surface area (Å²) in [6.07, 6.45) is 10.6. The molecule has 4 rings (SSSR count). The minimum atomic E-state index is -0.397. The lowest BCUT2D eigenvalue weighted by molar-refractivity contribution is -0.121. The fourth-order valence-electron chi connectivity index (χ4n) is 4.82. The van der Waals surface area contributed by atoms with E-state index in [1.807, 2.05) is 0 Å². The van der Waals surface area contributed by atoms with Gasteiger partial charge in [0.1, 0.15) is 5.54 Å². The van der Waals surface area contributed by atoms with Crippen LogP contribution in [0.4, 0.5) is 0 Å². The van der Waals surface area contributed by atoms with Crippen molar-refractivity contribution in [2.75, 3.05) is 0 Å². The SMILES string of the molecule is CC(=O)NC1(c2noc(C3[C@@H]4CCCC[C@@H]34)n2)CCCCC1. The third kappa shape index (κ3) is 2.34. The number of hydrogen-bond donors (Lipinski definition) is 1. The van der Waals surface area contributed by atoms with Crippen molar-refractivity contribution in [3.63, 3.8) is 0 Å². The summed E-state index contributed by atoms with van der Waals surface area (Å²) in [6.45, 7) is 1.58. The molecule has 3 aliphatic rings. The molecule has 3 saturated carbocycles. The third-order valence-electron chi connectivity index (χ3n) is 5.93. The zero-order chi connectivity index (χ0) is 15.2. The van der Waals surface area contributed by atoms with Gasteiger partial charge in [-0.1, -0.05) is 37.3 Å². The first-order valence-corrected chi connectivity index (χ1v) is 8.82. The molecule has 0 aliphatic heterocycles. The summed E-state index contributed by atoms with van der Waals surface area (Å²) in [5.74, 6) is 3.55. The first-order chi connectivity index (χ1) is 10.7. The number of aromatic nitrogens is 2. The summed E-state index contributed by atoms with van der Waals surface area (Å²) in [7, 11) is 0. The van der Waals surface area contributed by atoms with Gasteiger partial charge in [0.15, 0.2) is 5.82 Å². The van der Waals surface area contributed by atoms with Crippen molar-refractivity contribution in [3.8, 4) is 0 Å². The van der Waals surface area contributed by atoms with E-state index in [9.17, 15) is 4.79 Å². The van der Waals surface area contributed by atoms with Gasteiger partial charge in [-0.15, -0.1) is 0 Å². The largest absolute Gasteiger partial charge is 0.343 e. The minimum Gasteiger partial charge on any atom is -0.343 e. The zero-order valence-corrected chi connectivity index (χ0v) is 13.3. The van der Waals surface area contributed by atoms with Gasteiger partial charge in [-0.05, 0) is 37.5 Å². The summed E-state index contributed by atoms with van der Waals surface area (Å²) in [5.41, 5.74) is -0.397. The van der Waals surface area contributed by atoms with E-state index in [0.717, 1.165) is 43.4 Å². The number of carbonyl (C=O) groups excluding carboxylic acids is 1. The molecule has 1 heterocycles. The van der Waals surface area contributed by atoms with E-state index < -0.39 is 5.54 Å².